The zero-order valence-corrected chi connectivity index (χ0v) is 28.5. The number of rotatable bonds is 8. The van der Waals surface area contributed by atoms with Crippen molar-refractivity contribution in [1.82, 2.24) is 10.0 Å². The Balaban J connectivity index is 1.24. The van der Waals surface area contributed by atoms with Crippen LogP contribution < -0.4 is 10.0 Å². The number of alkyl halides is 1. The second-order valence-electron chi connectivity index (χ2n) is 15.2. The van der Waals surface area contributed by atoms with Gasteiger partial charge in [-0.2, -0.15) is 0 Å². The quantitative estimate of drug-likeness (QED) is 0.291. The van der Waals surface area contributed by atoms with E-state index in [1.54, 1.807) is 12.1 Å². The van der Waals surface area contributed by atoms with E-state index >= 15 is 4.39 Å². The number of aliphatic hydroxyl groups excluding tert-OH is 1. The van der Waals surface area contributed by atoms with Crippen LogP contribution in [0.5, 0.6) is 0 Å². The van der Waals surface area contributed by atoms with Crippen LogP contribution in [-0.2, 0) is 19.6 Å². The van der Waals surface area contributed by atoms with Crippen LogP contribution in [-0.4, -0.2) is 50.4 Å². The number of nitrogens with one attached hydrogen (secondary N) is 2. The Kier molecular flexibility index (Phi) is 9.69. The van der Waals surface area contributed by atoms with Crippen molar-refractivity contribution in [2.45, 2.75) is 116 Å². The van der Waals surface area contributed by atoms with Gasteiger partial charge in [0.15, 0.2) is 0 Å². The first-order valence-electron chi connectivity index (χ1n) is 17.0. The summed E-state index contributed by atoms with van der Waals surface area (Å²) >= 11 is 0. The lowest BCUT2D eigenvalue weighted by atomic mass is 9.41. The van der Waals surface area contributed by atoms with Gasteiger partial charge in [-0.15, -0.1) is 0 Å². The Labute approximate surface area is 268 Å². The highest BCUT2D eigenvalue weighted by atomic mass is 32.2. The zero-order valence-electron chi connectivity index (χ0n) is 27.7. The minimum atomic E-state index is -3.95. The molecule has 4 fully saturated rings. The number of hydrogen-bond donors (Lipinski definition) is 3. The van der Waals surface area contributed by atoms with Crippen molar-refractivity contribution in [1.29, 1.82) is 0 Å². The van der Waals surface area contributed by atoms with Crippen molar-refractivity contribution >= 4 is 22.0 Å². The van der Waals surface area contributed by atoms with Crippen LogP contribution in [0, 0.1) is 59.2 Å². The number of amides is 2. The van der Waals surface area contributed by atoms with E-state index in [1.165, 1.54) is 19.1 Å². The number of fused-ring (bicyclic) bond motifs is 5. The smallest absolute Gasteiger partial charge is 0.328 e. The van der Waals surface area contributed by atoms with Gasteiger partial charge in [0.1, 0.15) is 12.3 Å². The van der Waals surface area contributed by atoms with Crippen molar-refractivity contribution in [3.05, 3.63) is 29.8 Å². The predicted molar refractivity (Wildman–Crippen MR) is 170 cm³/mol. The van der Waals surface area contributed by atoms with E-state index in [4.69, 9.17) is 4.74 Å². The van der Waals surface area contributed by atoms with Gasteiger partial charge in [0.05, 0.1) is 11.0 Å². The summed E-state index contributed by atoms with van der Waals surface area (Å²) < 4.78 is 48.9. The highest BCUT2D eigenvalue weighted by molar-refractivity contribution is 7.90. The SMILES string of the molecule is CC[C@@H]1[C@@H]2[C@@H](F)[C@H](OC(C)=O)CC[C@]2(C)C2CC[C@@]3(C)C(CCC3[C@H](C)CCNC(=O)NS(=O)(=O)c3ccc(C)cc3)C2[C@@H]1O. The van der Waals surface area contributed by atoms with Crippen LogP contribution >= 0.6 is 0 Å². The Hall–Kier alpha value is -2.20. The molecule has 3 N–H and O–H groups in total. The van der Waals surface area contributed by atoms with Gasteiger partial charge >= 0.3 is 12.0 Å². The molecule has 4 aliphatic rings. The number of benzene rings is 1. The number of ether oxygens (including phenoxy) is 1. The molecule has 0 aliphatic heterocycles. The fourth-order valence-corrected chi connectivity index (χ4v) is 11.8. The number of carbonyl (C=O) groups excluding carboxylic acids is 2. The molecule has 0 saturated heterocycles. The molecule has 8 nitrogen and oxygen atoms in total. The average molecular weight is 649 g/mol. The number of sulfonamides is 1. The normalized spacial score (nSPS) is 40.0. The molecule has 4 aliphatic carbocycles. The van der Waals surface area contributed by atoms with Gasteiger partial charge in [-0.25, -0.2) is 22.3 Å². The maximum Gasteiger partial charge on any atom is 0.328 e. The molecule has 10 heteroatoms. The highest BCUT2D eigenvalue weighted by Crippen LogP contribution is 2.69. The minimum absolute atomic E-state index is 0.0319. The molecule has 252 valence electrons. The summed E-state index contributed by atoms with van der Waals surface area (Å²) in [6.45, 7) is 12.5. The second kappa shape index (κ2) is 12.8. The fourth-order valence-electron chi connectivity index (χ4n) is 10.8. The number of hydrogen-bond acceptors (Lipinski definition) is 6. The number of urea groups is 1. The predicted octanol–water partition coefficient (Wildman–Crippen LogP) is 6.15. The van der Waals surface area contributed by atoms with Crippen molar-refractivity contribution in [3.63, 3.8) is 0 Å². The Bertz CT molecular complexity index is 1360. The lowest BCUT2D eigenvalue weighted by Crippen LogP contribution is -2.65. The van der Waals surface area contributed by atoms with E-state index in [1.807, 2.05) is 13.8 Å². The summed E-state index contributed by atoms with van der Waals surface area (Å²) in [4.78, 5) is 24.3. The minimum Gasteiger partial charge on any atom is -0.459 e. The van der Waals surface area contributed by atoms with Crippen molar-refractivity contribution in [3.8, 4) is 0 Å². The second-order valence-corrected chi connectivity index (χ2v) is 16.9. The number of aryl methyl sites for hydroxylation is 1. The number of carbonyl (C=O) groups is 2. The van der Waals surface area contributed by atoms with E-state index in [9.17, 15) is 23.1 Å². The van der Waals surface area contributed by atoms with Gasteiger partial charge in [-0.3, -0.25) is 4.79 Å². The molecule has 2 amide bonds. The van der Waals surface area contributed by atoms with Crippen LogP contribution in [0.25, 0.3) is 0 Å². The van der Waals surface area contributed by atoms with Crippen LogP contribution in [0.3, 0.4) is 0 Å². The molecular formula is C35H53FN2O6S. The van der Waals surface area contributed by atoms with Crippen molar-refractivity contribution in [2.75, 3.05) is 6.54 Å². The maximum atomic E-state index is 16.2. The number of halogens is 1. The molecule has 12 atom stereocenters. The maximum absolute atomic E-state index is 16.2. The summed E-state index contributed by atoms with van der Waals surface area (Å²) in [5.74, 6) is 0.431. The monoisotopic (exact) mass is 648 g/mol. The first-order valence-corrected chi connectivity index (χ1v) is 18.5. The van der Waals surface area contributed by atoms with Gasteiger partial charge in [-0.1, -0.05) is 51.8 Å². The Morgan fingerprint density at radius 2 is 1.71 bits per heavy atom. The molecule has 0 radical (unpaired) electrons. The average Bonchev–Trinajstić information content (AvgIpc) is 3.32. The lowest BCUT2D eigenvalue weighted by Gasteiger charge is -2.65. The summed E-state index contributed by atoms with van der Waals surface area (Å²) in [7, 11) is -3.95. The largest absolute Gasteiger partial charge is 0.459 e. The van der Waals surface area contributed by atoms with Gasteiger partial charge in [0.2, 0.25) is 0 Å². The Morgan fingerprint density at radius 3 is 2.36 bits per heavy atom. The van der Waals surface area contributed by atoms with Crippen molar-refractivity contribution in [2.24, 2.45) is 52.3 Å². The van der Waals surface area contributed by atoms with E-state index in [2.05, 4.69) is 30.8 Å². The molecule has 45 heavy (non-hydrogen) atoms. The van der Waals surface area contributed by atoms with Crippen LogP contribution in [0.1, 0.15) is 91.5 Å². The molecule has 0 aromatic heterocycles. The topological polar surface area (TPSA) is 122 Å². The molecule has 1 aromatic carbocycles. The highest BCUT2D eigenvalue weighted by Gasteiger charge is 2.67. The first kappa shape index (κ1) is 34.1. The standard InChI is InChI=1S/C35H53FN2O6S/c1-7-24-30-31(36)28(44-22(4)39)15-18-35(30,6)27-14-17-34(5)25(12-13-26(34)29(27)32(24)40)21(3)16-19-37-33(41)38-45(42,43)23-10-8-20(2)9-11-23/h8-11,21,24-32,40H,7,12-19H2,1-6H3,(H2,37,38,41)/t21-,24-,25?,26?,27?,28-,29?,30-,31+,32-,34-,35-/m1/s1. The van der Waals surface area contributed by atoms with Crippen LogP contribution in [0.15, 0.2) is 29.2 Å². The third kappa shape index (κ3) is 6.15. The molecule has 0 spiro atoms. The molecule has 5 rings (SSSR count). The summed E-state index contributed by atoms with van der Waals surface area (Å²) in [5, 5.41) is 14.7. The zero-order chi connectivity index (χ0) is 32.9. The van der Waals surface area contributed by atoms with E-state index in [0.717, 1.165) is 44.1 Å². The summed E-state index contributed by atoms with van der Waals surface area (Å²) in [6.07, 6.45) is 4.19. The van der Waals surface area contributed by atoms with E-state index in [0.29, 0.717) is 37.1 Å². The lowest BCUT2D eigenvalue weighted by molar-refractivity contribution is -0.226. The molecule has 1 aromatic rings. The Morgan fingerprint density at radius 1 is 1.07 bits per heavy atom. The van der Waals surface area contributed by atoms with E-state index < -0.39 is 40.4 Å². The van der Waals surface area contributed by atoms with Gasteiger partial charge in [0.25, 0.3) is 10.0 Å². The van der Waals surface area contributed by atoms with Gasteiger partial charge in [-0.05, 0) is 110 Å². The van der Waals surface area contributed by atoms with E-state index in [-0.39, 0.29) is 39.4 Å². The third-order valence-corrected chi connectivity index (χ3v) is 14.2. The fraction of sp³-hybridized carbons (Fsp3) is 0.771. The summed E-state index contributed by atoms with van der Waals surface area (Å²) in [6, 6.07) is 5.62. The summed E-state index contributed by atoms with van der Waals surface area (Å²) in [5.41, 5.74) is 0.716. The number of aliphatic hydroxyl groups is 1. The molecule has 4 saturated carbocycles. The molecule has 0 heterocycles. The molecular weight excluding hydrogens is 595 g/mol. The van der Waals surface area contributed by atoms with Gasteiger partial charge < -0.3 is 15.2 Å². The van der Waals surface area contributed by atoms with Crippen LogP contribution in [0.4, 0.5) is 9.18 Å². The van der Waals surface area contributed by atoms with Crippen molar-refractivity contribution < 1.29 is 32.2 Å². The van der Waals surface area contributed by atoms with Gasteiger partial charge in [0, 0.05) is 19.4 Å². The van der Waals surface area contributed by atoms with Crippen LogP contribution in [0.2, 0.25) is 0 Å². The first-order chi connectivity index (χ1) is 21.1. The molecule has 4 unspecified atom stereocenters. The molecule has 0 bridgehead atoms. The number of esters is 1. The third-order valence-electron chi connectivity index (χ3n) is 12.9.